The molecule has 1 atom stereocenters. The van der Waals surface area contributed by atoms with Crippen LogP contribution in [0.15, 0.2) is 30.3 Å². The Morgan fingerprint density at radius 3 is 2.52 bits per heavy atom. The van der Waals surface area contributed by atoms with E-state index >= 15 is 0 Å². The van der Waals surface area contributed by atoms with E-state index in [-0.39, 0.29) is 42.7 Å². The van der Waals surface area contributed by atoms with Crippen LogP contribution in [0.2, 0.25) is 0 Å². The van der Waals surface area contributed by atoms with Crippen molar-refractivity contribution >= 4 is 17.7 Å². The summed E-state index contributed by atoms with van der Waals surface area (Å²) >= 11 is 0. The molecule has 1 saturated heterocycles. The Bertz CT molecular complexity index is 604. The Morgan fingerprint density at radius 1 is 1.20 bits per heavy atom. The van der Waals surface area contributed by atoms with E-state index in [2.05, 4.69) is 10.6 Å². The highest BCUT2D eigenvalue weighted by Gasteiger charge is 2.35. The van der Waals surface area contributed by atoms with Crippen LogP contribution in [0.5, 0.6) is 5.75 Å². The summed E-state index contributed by atoms with van der Waals surface area (Å²) in [5, 5.41) is 5.44. The second-order valence-corrected chi connectivity index (χ2v) is 6.28. The van der Waals surface area contributed by atoms with Gasteiger partial charge in [-0.15, -0.1) is 0 Å². The van der Waals surface area contributed by atoms with Gasteiger partial charge in [0.1, 0.15) is 5.75 Å². The van der Waals surface area contributed by atoms with Crippen LogP contribution >= 0.6 is 0 Å². The number of nitrogens with one attached hydrogen (secondary N) is 2. The third kappa shape index (κ3) is 5.77. The topological polar surface area (TPSA) is 87.7 Å². The first-order valence-corrected chi connectivity index (χ1v) is 8.49. The molecule has 136 valence electrons. The monoisotopic (exact) mass is 347 g/mol. The normalized spacial score (nSPS) is 16.8. The molecule has 0 radical (unpaired) electrons. The smallest absolute Gasteiger partial charge is 0.258 e. The fourth-order valence-corrected chi connectivity index (χ4v) is 2.65. The summed E-state index contributed by atoms with van der Waals surface area (Å²) in [7, 11) is 0. The second-order valence-electron chi connectivity index (χ2n) is 6.28. The van der Waals surface area contributed by atoms with Gasteiger partial charge in [-0.2, -0.15) is 0 Å². The number of hydrogen-bond acceptors (Lipinski definition) is 4. The predicted molar refractivity (Wildman–Crippen MR) is 92.9 cm³/mol. The first-order valence-electron chi connectivity index (χ1n) is 8.49. The van der Waals surface area contributed by atoms with Crippen molar-refractivity contribution in [2.45, 2.75) is 26.3 Å². The van der Waals surface area contributed by atoms with Gasteiger partial charge < -0.3 is 20.3 Å². The molecule has 3 amide bonds. The number of nitrogens with zero attached hydrogens (tertiary/aromatic N) is 1. The minimum atomic E-state index is -0.313. The molecule has 0 aliphatic carbocycles. The Balaban J connectivity index is 1.60. The SMILES string of the molecule is CC(C)N1CC(C(=O)NCCNC(=O)COc2ccccc2)CC1=O. The molecule has 1 aliphatic heterocycles. The molecule has 7 heteroatoms. The molecule has 1 aromatic carbocycles. The molecule has 25 heavy (non-hydrogen) atoms. The molecule has 2 rings (SSSR count). The highest BCUT2D eigenvalue weighted by Crippen LogP contribution is 2.19. The molecule has 0 bridgehead atoms. The standard InChI is InChI=1S/C18H25N3O4/c1-13(2)21-11-14(10-17(21)23)18(24)20-9-8-19-16(22)12-25-15-6-4-3-5-7-15/h3-7,13-14H,8-12H2,1-2H3,(H,19,22)(H,20,24). The van der Waals surface area contributed by atoms with E-state index in [1.165, 1.54) is 0 Å². The van der Waals surface area contributed by atoms with Crippen LogP contribution in [0.3, 0.4) is 0 Å². The number of likely N-dealkylation sites (tertiary alicyclic amines) is 1. The molecule has 0 saturated carbocycles. The summed E-state index contributed by atoms with van der Waals surface area (Å²) in [6, 6.07) is 9.18. The Hall–Kier alpha value is -2.57. The van der Waals surface area contributed by atoms with E-state index in [1.807, 2.05) is 32.0 Å². The zero-order chi connectivity index (χ0) is 18.2. The van der Waals surface area contributed by atoms with Gasteiger partial charge in [0.2, 0.25) is 11.8 Å². The third-order valence-corrected chi connectivity index (χ3v) is 4.01. The van der Waals surface area contributed by atoms with Crippen LogP contribution in [-0.2, 0) is 14.4 Å². The quantitative estimate of drug-likeness (QED) is 0.673. The fourth-order valence-electron chi connectivity index (χ4n) is 2.65. The highest BCUT2D eigenvalue weighted by atomic mass is 16.5. The lowest BCUT2D eigenvalue weighted by molar-refractivity contribution is -0.129. The van der Waals surface area contributed by atoms with Crippen molar-refractivity contribution in [3.63, 3.8) is 0 Å². The highest BCUT2D eigenvalue weighted by molar-refractivity contribution is 5.89. The molecule has 7 nitrogen and oxygen atoms in total. The Kier molecular flexibility index (Phi) is 6.80. The molecular formula is C18H25N3O4. The van der Waals surface area contributed by atoms with E-state index in [0.29, 0.717) is 25.4 Å². The lowest BCUT2D eigenvalue weighted by Crippen LogP contribution is -2.40. The maximum absolute atomic E-state index is 12.1. The maximum atomic E-state index is 12.1. The van der Waals surface area contributed by atoms with Crippen molar-refractivity contribution in [2.24, 2.45) is 5.92 Å². The zero-order valence-corrected chi connectivity index (χ0v) is 14.7. The summed E-state index contributed by atoms with van der Waals surface area (Å²) in [6.45, 7) is 4.90. The summed E-state index contributed by atoms with van der Waals surface area (Å²) in [6.07, 6.45) is 0.251. The van der Waals surface area contributed by atoms with E-state index in [9.17, 15) is 14.4 Å². The second kappa shape index (κ2) is 9.05. The van der Waals surface area contributed by atoms with Crippen LogP contribution in [0.25, 0.3) is 0 Å². The summed E-state index contributed by atoms with van der Waals surface area (Å²) in [4.78, 5) is 37.3. The van der Waals surface area contributed by atoms with Crippen molar-refractivity contribution in [3.05, 3.63) is 30.3 Å². The van der Waals surface area contributed by atoms with Gasteiger partial charge in [0.15, 0.2) is 6.61 Å². The van der Waals surface area contributed by atoms with Crippen molar-refractivity contribution in [2.75, 3.05) is 26.2 Å². The van der Waals surface area contributed by atoms with Gasteiger partial charge >= 0.3 is 0 Å². The molecule has 1 aliphatic rings. The van der Waals surface area contributed by atoms with Gasteiger partial charge in [-0.25, -0.2) is 0 Å². The largest absolute Gasteiger partial charge is 0.484 e. The number of carbonyl (C=O) groups is 3. The van der Waals surface area contributed by atoms with E-state index in [0.717, 1.165) is 0 Å². The predicted octanol–water partition coefficient (Wildman–Crippen LogP) is 0.555. The van der Waals surface area contributed by atoms with Gasteiger partial charge in [-0.3, -0.25) is 14.4 Å². The molecular weight excluding hydrogens is 322 g/mol. The molecule has 2 N–H and O–H groups in total. The van der Waals surface area contributed by atoms with Gasteiger partial charge in [0.05, 0.1) is 5.92 Å². The number of hydrogen-bond donors (Lipinski definition) is 2. The molecule has 1 fully saturated rings. The van der Waals surface area contributed by atoms with E-state index in [1.54, 1.807) is 17.0 Å². The van der Waals surface area contributed by atoms with Crippen molar-refractivity contribution in [1.82, 2.24) is 15.5 Å². The molecule has 0 aromatic heterocycles. The number of ether oxygens (including phenoxy) is 1. The maximum Gasteiger partial charge on any atom is 0.258 e. The molecule has 1 heterocycles. The third-order valence-electron chi connectivity index (χ3n) is 4.01. The van der Waals surface area contributed by atoms with Crippen LogP contribution in [0, 0.1) is 5.92 Å². The van der Waals surface area contributed by atoms with Gasteiger partial charge in [-0.1, -0.05) is 18.2 Å². The van der Waals surface area contributed by atoms with Crippen molar-refractivity contribution in [3.8, 4) is 5.75 Å². The van der Waals surface area contributed by atoms with Gasteiger partial charge in [-0.05, 0) is 26.0 Å². The van der Waals surface area contributed by atoms with Gasteiger partial charge in [0.25, 0.3) is 5.91 Å². The minimum Gasteiger partial charge on any atom is -0.484 e. The van der Waals surface area contributed by atoms with Crippen molar-refractivity contribution < 1.29 is 19.1 Å². The Morgan fingerprint density at radius 2 is 1.88 bits per heavy atom. The number of para-hydroxylation sites is 1. The zero-order valence-electron chi connectivity index (χ0n) is 14.7. The lowest BCUT2D eigenvalue weighted by Gasteiger charge is -2.20. The first-order chi connectivity index (χ1) is 12.0. The summed E-state index contributed by atoms with van der Waals surface area (Å²) in [5.41, 5.74) is 0. The van der Waals surface area contributed by atoms with E-state index in [4.69, 9.17) is 4.74 Å². The lowest BCUT2D eigenvalue weighted by atomic mass is 10.1. The van der Waals surface area contributed by atoms with Crippen LogP contribution in [-0.4, -0.2) is 54.9 Å². The average molecular weight is 347 g/mol. The van der Waals surface area contributed by atoms with Crippen molar-refractivity contribution in [1.29, 1.82) is 0 Å². The number of amides is 3. The number of carbonyl (C=O) groups excluding carboxylic acids is 3. The first kappa shape index (κ1) is 18.8. The molecule has 0 spiro atoms. The van der Waals surface area contributed by atoms with Crippen LogP contribution in [0.4, 0.5) is 0 Å². The number of rotatable bonds is 8. The summed E-state index contributed by atoms with van der Waals surface area (Å²) in [5.74, 6) is -0.0634. The fraction of sp³-hybridized carbons (Fsp3) is 0.500. The van der Waals surface area contributed by atoms with E-state index < -0.39 is 0 Å². The minimum absolute atomic E-state index is 0.0153. The molecule has 1 aromatic rings. The Labute approximate surface area is 147 Å². The average Bonchev–Trinajstić information content (AvgIpc) is 3.00. The van der Waals surface area contributed by atoms with Crippen LogP contribution < -0.4 is 15.4 Å². The van der Waals surface area contributed by atoms with Crippen LogP contribution in [0.1, 0.15) is 20.3 Å². The number of benzene rings is 1. The summed E-state index contributed by atoms with van der Waals surface area (Å²) < 4.78 is 5.33. The van der Waals surface area contributed by atoms with Gasteiger partial charge in [0, 0.05) is 32.1 Å². The molecule has 1 unspecified atom stereocenters.